The maximum atomic E-state index is 5.84. The van der Waals surface area contributed by atoms with Crippen LogP contribution in [0.2, 0.25) is 0 Å². The molecule has 4 rings (SSSR count). The molecule has 0 aliphatic carbocycles. The highest BCUT2D eigenvalue weighted by molar-refractivity contribution is 5.31. The largest absolute Gasteiger partial charge is 0.372 e. The summed E-state index contributed by atoms with van der Waals surface area (Å²) in [6, 6.07) is 12.9. The Morgan fingerprint density at radius 1 is 0.933 bits per heavy atom. The SMILES string of the molecule is C[C@@H]1CN(c2nccc(CN3CCN(CCCc4ccccc4)CC3)n2)C[C@H](C)O1. The minimum atomic E-state index is 0.218. The van der Waals surface area contributed by atoms with Gasteiger partial charge in [0.2, 0.25) is 5.95 Å². The molecule has 6 heteroatoms. The van der Waals surface area contributed by atoms with E-state index in [1.165, 1.54) is 24.9 Å². The molecular formula is C24H35N5O. The van der Waals surface area contributed by atoms with Crippen molar-refractivity contribution in [1.29, 1.82) is 0 Å². The van der Waals surface area contributed by atoms with Gasteiger partial charge in [-0.25, -0.2) is 9.97 Å². The molecule has 0 amide bonds. The molecule has 2 fully saturated rings. The minimum absolute atomic E-state index is 0.218. The van der Waals surface area contributed by atoms with E-state index in [2.05, 4.69) is 69.9 Å². The van der Waals surface area contributed by atoms with Crippen LogP contribution in [0.5, 0.6) is 0 Å². The van der Waals surface area contributed by atoms with Crippen LogP contribution in [0.15, 0.2) is 42.6 Å². The average molecular weight is 410 g/mol. The summed E-state index contributed by atoms with van der Waals surface area (Å²) in [7, 11) is 0. The lowest BCUT2D eigenvalue weighted by molar-refractivity contribution is -0.00574. The van der Waals surface area contributed by atoms with Gasteiger partial charge >= 0.3 is 0 Å². The summed E-state index contributed by atoms with van der Waals surface area (Å²) in [4.78, 5) is 16.8. The molecule has 2 saturated heterocycles. The topological polar surface area (TPSA) is 44.7 Å². The lowest BCUT2D eigenvalue weighted by Gasteiger charge is -2.36. The Morgan fingerprint density at radius 2 is 1.63 bits per heavy atom. The number of aromatic nitrogens is 2. The first-order valence-electron chi connectivity index (χ1n) is 11.4. The summed E-state index contributed by atoms with van der Waals surface area (Å²) in [5.41, 5.74) is 2.56. The molecule has 2 aromatic rings. The molecule has 6 nitrogen and oxygen atoms in total. The van der Waals surface area contributed by atoms with Crippen molar-refractivity contribution in [2.75, 3.05) is 50.7 Å². The summed E-state index contributed by atoms with van der Waals surface area (Å²) in [5, 5.41) is 0. The number of nitrogens with zero attached hydrogens (tertiary/aromatic N) is 5. The number of piperazine rings is 1. The van der Waals surface area contributed by atoms with Crippen LogP contribution in [-0.2, 0) is 17.7 Å². The van der Waals surface area contributed by atoms with Gasteiger partial charge in [0, 0.05) is 52.0 Å². The number of benzene rings is 1. The van der Waals surface area contributed by atoms with Gasteiger partial charge in [0.15, 0.2) is 0 Å². The molecule has 2 aliphatic rings. The highest BCUT2D eigenvalue weighted by atomic mass is 16.5. The molecule has 0 unspecified atom stereocenters. The smallest absolute Gasteiger partial charge is 0.225 e. The van der Waals surface area contributed by atoms with Crippen LogP contribution in [0.25, 0.3) is 0 Å². The van der Waals surface area contributed by atoms with Crippen LogP contribution in [0.1, 0.15) is 31.5 Å². The van der Waals surface area contributed by atoms with Crippen molar-refractivity contribution < 1.29 is 4.74 Å². The van der Waals surface area contributed by atoms with E-state index in [1.807, 2.05) is 6.20 Å². The van der Waals surface area contributed by atoms with Crippen LogP contribution in [0.4, 0.5) is 5.95 Å². The van der Waals surface area contributed by atoms with E-state index in [1.54, 1.807) is 0 Å². The Morgan fingerprint density at radius 3 is 2.37 bits per heavy atom. The van der Waals surface area contributed by atoms with Crippen molar-refractivity contribution >= 4 is 5.95 Å². The van der Waals surface area contributed by atoms with E-state index >= 15 is 0 Å². The van der Waals surface area contributed by atoms with Gasteiger partial charge in [-0.3, -0.25) is 4.90 Å². The zero-order valence-electron chi connectivity index (χ0n) is 18.4. The van der Waals surface area contributed by atoms with Crippen LogP contribution in [0, 0.1) is 0 Å². The quantitative estimate of drug-likeness (QED) is 0.701. The molecular weight excluding hydrogens is 374 g/mol. The van der Waals surface area contributed by atoms with Gasteiger partial charge in [-0.2, -0.15) is 0 Å². The van der Waals surface area contributed by atoms with Gasteiger partial charge in [0.25, 0.3) is 0 Å². The maximum absolute atomic E-state index is 5.84. The lowest BCUT2D eigenvalue weighted by Crippen LogP contribution is -2.47. The van der Waals surface area contributed by atoms with E-state index in [4.69, 9.17) is 9.72 Å². The Kier molecular flexibility index (Phi) is 7.31. The first kappa shape index (κ1) is 21.2. The average Bonchev–Trinajstić information content (AvgIpc) is 2.75. The maximum Gasteiger partial charge on any atom is 0.225 e. The predicted octanol–water partition coefficient (Wildman–Crippen LogP) is 2.84. The predicted molar refractivity (Wildman–Crippen MR) is 121 cm³/mol. The number of morpholine rings is 1. The number of anilines is 1. The van der Waals surface area contributed by atoms with E-state index in [9.17, 15) is 0 Å². The van der Waals surface area contributed by atoms with Crippen molar-refractivity contribution in [3.05, 3.63) is 53.9 Å². The normalized spacial score (nSPS) is 23.6. The highest BCUT2D eigenvalue weighted by Gasteiger charge is 2.24. The Hall–Kier alpha value is -2.02. The van der Waals surface area contributed by atoms with Crippen molar-refractivity contribution in [3.63, 3.8) is 0 Å². The third kappa shape index (κ3) is 6.00. The summed E-state index contributed by atoms with van der Waals surface area (Å²) in [6.45, 7) is 12.5. The molecule has 162 valence electrons. The second-order valence-electron chi connectivity index (χ2n) is 8.72. The highest BCUT2D eigenvalue weighted by Crippen LogP contribution is 2.17. The second-order valence-corrected chi connectivity index (χ2v) is 8.72. The van der Waals surface area contributed by atoms with Crippen LogP contribution < -0.4 is 4.90 Å². The van der Waals surface area contributed by atoms with Crippen LogP contribution in [-0.4, -0.2) is 77.8 Å². The molecule has 0 N–H and O–H groups in total. The first-order chi connectivity index (χ1) is 14.7. The molecule has 30 heavy (non-hydrogen) atoms. The van der Waals surface area contributed by atoms with Gasteiger partial charge < -0.3 is 14.5 Å². The Labute approximate surface area is 180 Å². The Bertz CT molecular complexity index is 768. The fraction of sp³-hybridized carbons (Fsp3) is 0.583. The molecule has 2 aliphatic heterocycles. The number of hydrogen-bond donors (Lipinski definition) is 0. The van der Waals surface area contributed by atoms with E-state index in [-0.39, 0.29) is 12.2 Å². The summed E-state index contributed by atoms with van der Waals surface area (Å²) >= 11 is 0. The fourth-order valence-corrected chi connectivity index (χ4v) is 4.52. The first-order valence-corrected chi connectivity index (χ1v) is 11.4. The third-order valence-electron chi connectivity index (χ3n) is 6.04. The van der Waals surface area contributed by atoms with Gasteiger partial charge in [-0.05, 0) is 44.9 Å². The number of rotatable bonds is 7. The number of hydrogen-bond acceptors (Lipinski definition) is 6. The lowest BCUT2D eigenvalue weighted by atomic mass is 10.1. The summed E-state index contributed by atoms with van der Waals surface area (Å²) in [5.74, 6) is 0.842. The van der Waals surface area contributed by atoms with Crippen molar-refractivity contribution in [2.24, 2.45) is 0 Å². The second kappa shape index (κ2) is 10.3. The van der Waals surface area contributed by atoms with Gasteiger partial charge in [-0.1, -0.05) is 30.3 Å². The molecule has 2 atom stereocenters. The molecule has 0 spiro atoms. The molecule has 1 aromatic carbocycles. The standard InChI is InChI=1S/C24H35N5O/c1-20-17-29(18-21(2)30-20)24-25-11-10-23(26-24)19-28-15-13-27(14-16-28)12-6-9-22-7-4-3-5-8-22/h3-5,7-8,10-11,20-21H,6,9,12-19H2,1-2H3/t20-,21+. The van der Waals surface area contributed by atoms with E-state index in [0.29, 0.717) is 0 Å². The molecule has 0 radical (unpaired) electrons. The van der Waals surface area contributed by atoms with Gasteiger partial charge in [0.05, 0.1) is 17.9 Å². The number of aryl methyl sites for hydroxylation is 1. The van der Waals surface area contributed by atoms with Crippen LogP contribution >= 0.6 is 0 Å². The zero-order valence-corrected chi connectivity index (χ0v) is 18.4. The summed E-state index contributed by atoms with van der Waals surface area (Å²) < 4.78 is 5.84. The zero-order chi connectivity index (χ0) is 20.8. The number of ether oxygens (including phenoxy) is 1. The van der Waals surface area contributed by atoms with Crippen LogP contribution in [0.3, 0.4) is 0 Å². The molecule has 1 aromatic heterocycles. The minimum Gasteiger partial charge on any atom is -0.372 e. The molecule has 3 heterocycles. The molecule has 0 saturated carbocycles. The van der Waals surface area contributed by atoms with Crippen molar-refractivity contribution in [1.82, 2.24) is 19.8 Å². The summed E-state index contributed by atoms with van der Waals surface area (Å²) in [6.07, 6.45) is 4.74. The van der Waals surface area contributed by atoms with Gasteiger partial charge in [-0.15, -0.1) is 0 Å². The van der Waals surface area contributed by atoms with E-state index < -0.39 is 0 Å². The van der Waals surface area contributed by atoms with Gasteiger partial charge in [0.1, 0.15) is 0 Å². The fourth-order valence-electron chi connectivity index (χ4n) is 4.52. The monoisotopic (exact) mass is 409 g/mol. The van der Waals surface area contributed by atoms with Crippen molar-refractivity contribution in [2.45, 2.75) is 45.4 Å². The third-order valence-corrected chi connectivity index (χ3v) is 6.04. The van der Waals surface area contributed by atoms with Crippen molar-refractivity contribution in [3.8, 4) is 0 Å². The molecule has 0 bridgehead atoms. The van der Waals surface area contributed by atoms with E-state index in [0.717, 1.165) is 57.5 Å². The Balaban J connectivity index is 1.22.